The lowest BCUT2D eigenvalue weighted by Gasteiger charge is -2.26. The minimum Gasteiger partial charge on any atom is -0.465 e. The van der Waals surface area contributed by atoms with Gasteiger partial charge in [-0.25, -0.2) is 9.69 Å². The van der Waals surface area contributed by atoms with Crippen LogP contribution in [0.15, 0.2) is 59.0 Å². The molecular formula is C25H29N5O4. The van der Waals surface area contributed by atoms with Crippen LogP contribution in [0.4, 0.5) is 16.5 Å². The maximum Gasteiger partial charge on any atom is 0.415 e. The Bertz CT molecular complexity index is 1080. The van der Waals surface area contributed by atoms with E-state index >= 15 is 0 Å². The number of nitrogens with zero attached hydrogens (tertiary/aromatic N) is 4. The van der Waals surface area contributed by atoms with E-state index in [4.69, 9.17) is 4.42 Å². The quantitative estimate of drug-likeness (QED) is 0.487. The third-order valence-electron chi connectivity index (χ3n) is 5.80. The molecule has 1 fully saturated rings. The number of nitrogens with one attached hydrogen (secondary N) is 1. The molecule has 0 radical (unpaired) electrons. The van der Waals surface area contributed by atoms with Crippen molar-refractivity contribution in [3.63, 3.8) is 0 Å². The zero-order valence-electron chi connectivity index (χ0n) is 19.0. The van der Waals surface area contributed by atoms with Gasteiger partial charge in [-0.1, -0.05) is 41.9 Å². The number of likely N-dealkylation sites (tertiary alicyclic amines) is 1. The fraction of sp³-hybridized carbons (Fsp3) is 0.360. The van der Waals surface area contributed by atoms with E-state index in [2.05, 4.69) is 20.4 Å². The van der Waals surface area contributed by atoms with Crippen LogP contribution in [0, 0.1) is 0 Å². The van der Waals surface area contributed by atoms with Gasteiger partial charge in [-0.05, 0) is 68.7 Å². The van der Waals surface area contributed by atoms with Gasteiger partial charge in [0, 0.05) is 17.8 Å². The van der Waals surface area contributed by atoms with E-state index in [1.54, 1.807) is 24.3 Å². The normalized spacial score (nSPS) is 14.0. The second-order valence-corrected chi connectivity index (χ2v) is 8.37. The van der Waals surface area contributed by atoms with E-state index in [1.165, 1.54) is 19.3 Å². The molecule has 0 atom stereocenters. The Morgan fingerprint density at radius 3 is 2.44 bits per heavy atom. The van der Waals surface area contributed by atoms with Gasteiger partial charge in [-0.3, -0.25) is 4.79 Å². The lowest BCUT2D eigenvalue weighted by atomic mass is 10.1. The molecule has 0 spiro atoms. The van der Waals surface area contributed by atoms with E-state index in [0.717, 1.165) is 30.1 Å². The first-order valence-corrected chi connectivity index (χ1v) is 11.6. The molecule has 3 aromatic rings. The predicted molar refractivity (Wildman–Crippen MR) is 129 cm³/mol. The SMILES string of the molecule is O=C(Cc1ccccc1)Nc1ccc(-c2nnc(N(CCCN3CCCCC3)C(=O)O)o2)cc1. The highest BCUT2D eigenvalue weighted by molar-refractivity contribution is 5.92. The fourth-order valence-corrected chi connectivity index (χ4v) is 4.03. The second-order valence-electron chi connectivity index (χ2n) is 8.37. The van der Waals surface area contributed by atoms with Gasteiger partial charge in [0.15, 0.2) is 0 Å². The molecule has 9 nitrogen and oxygen atoms in total. The van der Waals surface area contributed by atoms with Crippen molar-refractivity contribution < 1.29 is 19.1 Å². The van der Waals surface area contributed by atoms with Crippen LogP contribution in [0.25, 0.3) is 11.5 Å². The maximum atomic E-state index is 12.3. The highest BCUT2D eigenvalue weighted by atomic mass is 16.4. The van der Waals surface area contributed by atoms with Crippen molar-refractivity contribution in [2.45, 2.75) is 32.1 Å². The Morgan fingerprint density at radius 1 is 1.00 bits per heavy atom. The van der Waals surface area contributed by atoms with E-state index in [0.29, 0.717) is 30.6 Å². The third-order valence-corrected chi connectivity index (χ3v) is 5.80. The van der Waals surface area contributed by atoms with Crippen molar-refractivity contribution in [2.75, 3.05) is 36.4 Å². The number of rotatable bonds is 9. The van der Waals surface area contributed by atoms with E-state index < -0.39 is 6.09 Å². The number of carboxylic acid groups (broad SMARTS) is 1. The highest BCUT2D eigenvalue weighted by Gasteiger charge is 2.22. The maximum absolute atomic E-state index is 12.3. The molecule has 2 heterocycles. The standard InChI is InChI=1S/C25H29N5O4/c31-22(18-19-8-3-1-4-9-19)26-21-12-10-20(11-13-21)23-27-28-24(34-23)30(25(32)33)17-7-16-29-14-5-2-6-15-29/h1,3-4,8-13H,2,5-7,14-18H2,(H,26,31)(H,32,33). The van der Waals surface area contributed by atoms with Crippen LogP contribution in [0.1, 0.15) is 31.2 Å². The molecule has 1 aromatic heterocycles. The molecular weight excluding hydrogens is 434 g/mol. The molecule has 9 heteroatoms. The number of benzene rings is 2. The summed E-state index contributed by atoms with van der Waals surface area (Å²) in [5, 5.41) is 20.4. The molecule has 2 amide bonds. The third kappa shape index (κ3) is 6.41. The summed E-state index contributed by atoms with van der Waals surface area (Å²) in [4.78, 5) is 27.5. The summed E-state index contributed by atoms with van der Waals surface area (Å²) < 4.78 is 5.66. The molecule has 1 saturated heterocycles. The van der Waals surface area contributed by atoms with Gasteiger partial charge in [-0.15, -0.1) is 5.10 Å². The number of hydrogen-bond acceptors (Lipinski definition) is 6. The molecule has 1 aliphatic heterocycles. The summed E-state index contributed by atoms with van der Waals surface area (Å²) in [6, 6.07) is 16.5. The average Bonchev–Trinajstić information content (AvgIpc) is 3.33. The van der Waals surface area contributed by atoms with Gasteiger partial charge in [0.25, 0.3) is 0 Å². The Hall–Kier alpha value is -3.72. The molecule has 2 N–H and O–H groups in total. The Balaban J connectivity index is 1.33. The van der Waals surface area contributed by atoms with Crippen molar-refractivity contribution in [3.05, 3.63) is 60.2 Å². The molecule has 178 valence electrons. The molecule has 2 aromatic carbocycles. The van der Waals surface area contributed by atoms with Gasteiger partial charge in [0.2, 0.25) is 11.8 Å². The summed E-state index contributed by atoms with van der Waals surface area (Å²) in [5.41, 5.74) is 2.22. The summed E-state index contributed by atoms with van der Waals surface area (Å²) in [6.45, 7) is 3.28. The summed E-state index contributed by atoms with van der Waals surface area (Å²) in [5.74, 6) is 0.111. The molecule has 0 unspecified atom stereocenters. The minimum atomic E-state index is -1.12. The Morgan fingerprint density at radius 2 is 1.74 bits per heavy atom. The zero-order valence-corrected chi connectivity index (χ0v) is 19.0. The van der Waals surface area contributed by atoms with E-state index in [-0.39, 0.29) is 17.8 Å². The average molecular weight is 464 g/mol. The number of hydrogen-bond donors (Lipinski definition) is 2. The van der Waals surface area contributed by atoms with Crippen molar-refractivity contribution in [2.24, 2.45) is 0 Å². The highest BCUT2D eigenvalue weighted by Crippen LogP contribution is 2.24. The van der Waals surface area contributed by atoms with Crippen LogP contribution < -0.4 is 10.2 Å². The smallest absolute Gasteiger partial charge is 0.415 e. The van der Waals surface area contributed by atoms with Crippen molar-refractivity contribution in [1.29, 1.82) is 0 Å². The van der Waals surface area contributed by atoms with Crippen molar-refractivity contribution >= 4 is 23.7 Å². The monoisotopic (exact) mass is 463 g/mol. The first-order valence-electron chi connectivity index (χ1n) is 11.6. The van der Waals surface area contributed by atoms with Crippen LogP contribution in [0.3, 0.4) is 0 Å². The van der Waals surface area contributed by atoms with Crippen molar-refractivity contribution in [1.82, 2.24) is 15.1 Å². The molecule has 0 aliphatic carbocycles. The summed E-state index contributed by atoms with van der Waals surface area (Å²) in [6.07, 6.45) is 3.53. The minimum absolute atomic E-state index is 0.0404. The van der Waals surface area contributed by atoms with Crippen LogP contribution in [0.2, 0.25) is 0 Å². The van der Waals surface area contributed by atoms with Crippen LogP contribution >= 0.6 is 0 Å². The van der Waals surface area contributed by atoms with Gasteiger partial charge in [0.1, 0.15) is 0 Å². The van der Waals surface area contributed by atoms with E-state index in [1.807, 2.05) is 30.3 Å². The fourth-order valence-electron chi connectivity index (χ4n) is 4.03. The second kappa shape index (κ2) is 11.4. The number of amides is 2. The van der Waals surface area contributed by atoms with Crippen LogP contribution in [0.5, 0.6) is 0 Å². The molecule has 1 aliphatic rings. The summed E-state index contributed by atoms with van der Waals surface area (Å²) in [7, 11) is 0. The zero-order chi connectivity index (χ0) is 23.8. The molecule has 34 heavy (non-hydrogen) atoms. The molecule has 0 saturated carbocycles. The Labute approximate surface area is 198 Å². The lowest BCUT2D eigenvalue weighted by Crippen LogP contribution is -2.35. The van der Waals surface area contributed by atoms with Gasteiger partial charge in [0.05, 0.1) is 6.42 Å². The molecule has 4 rings (SSSR count). The largest absolute Gasteiger partial charge is 0.465 e. The topological polar surface area (TPSA) is 112 Å². The van der Waals surface area contributed by atoms with Crippen LogP contribution in [-0.2, 0) is 11.2 Å². The number of anilines is 2. The number of carbonyl (C=O) groups excluding carboxylic acids is 1. The number of aromatic nitrogens is 2. The number of piperidine rings is 1. The molecule has 0 bridgehead atoms. The van der Waals surface area contributed by atoms with Crippen LogP contribution in [-0.4, -0.2) is 58.4 Å². The lowest BCUT2D eigenvalue weighted by molar-refractivity contribution is -0.115. The van der Waals surface area contributed by atoms with Gasteiger partial charge in [-0.2, -0.15) is 0 Å². The van der Waals surface area contributed by atoms with Gasteiger partial charge < -0.3 is 19.7 Å². The number of carbonyl (C=O) groups is 2. The summed E-state index contributed by atoms with van der Waals surface area (Å²) >= 11 is 0. The predicted octanol–water partition coefficient (Wildman–Crippen LogP) is 4.28. The van der Waals surface area contributed by atoms with Crippen molar-refractivity contribution in [3.8, 4) is 11.5 Å². The first-order chi connectivity index (χ1) is 16.6. The van der Waals surface area contributed by atoms with E-state index in [9.17, 15) is 14.7 Å². The Kier molecular flexibility index (Phi) is 7.87. The first kappa shape index (κ1) is 23.4. The van der Waals surface area contributed by atoms with Gasteiger partial charge >= 0.3 is 12.1 Å².